The van der Waals surface area contributed by atoms with Gasteiger partial charge < -0.3 is 9.84 Å². The molecular weight excluding hydrogens is 318 g/mol. The summed E-state index contributed by atoms with van der Waals surface area (Å²) in [6.45, 7) is 4.32. The number of ether oxygens (including phenoxy) is 1. The molecule has 0 bridgehead atoms. The van der Waals surface area contributed by atoms with Gasteiger partial charge >= 0.3 is 0 Å². The molecule has 4 nitrogen and oxygen atoms in total. The molecule has 20 heavy (non-hydrogen) atoms. The van der Waals surface area contributed by atoms with Crippen molar-refractivity contribution < 1.29 is 9.84 Å². The number of aromatic nitrogens is 2. The molecule has 0 radical (unpaired) electrons. The zero-order valence-electron chi connectivity index (χ0n) is 11.3. The first-order valence-corrected chi connectivity index (χ1v) is 8.64. The minimum atomic E-state index is -0.274. The Bertz CT molecular complexity index is 568. The Morgan fingerprint density at radius 3 is 2.45 bits per heavy atom. The highest BCUT2D eigenvalue weighted by molar-refractivity contribution is 7.64. The van der Waals surface area contributed by atoms with Crippen LogP contribution >= 0.6 is 31.1 Å². The van der Waals surface area contributed by atoms with Crippen LogP contribution in [0.2, 0.25) is 10.3 Å². The number of halogens is 2. The molecule has 0 aliphatic heterocycles. The molecule has 7 heteroatoms. The van der Waals surface area contributed by atoms with E-state index in [1.165, 1.54) is 6.20 Å². The molecule has 1 N–H and O–H groups in total. The molecule has 0 amide bonds. The molecule has 1 heterocycles. The molecule has 2 aromatic rings. The number of benzene rings is 1. The van der Waals surface area contributed by atoms with Gasteiger partial charge in [0.05, 0.1) is 6.20 Å². The van der Waals surface area contributed by atoms with Crippen LogP contribution in [0.1, 0.15) is 0 Å². The zero-order chi connectivity index (χ0) is 15.1. The van der Waals surface area contributed by atoms with Crippen LogP contribution in [0.25, 0.3) is 0 Å². The highest BCUT2D eigenvalue weighted by Crippen LogP contribution is 2.33. The van der Waals surface area contributed by atoms with Gasteiger partial charge in [-0.15, -0.1) is 0 Å². The van der Waals surface area contributed by atoms with Crippen molar-refractivity contribution in [2.75, 3.05) is 20.4 Å². The Morgan fingerprint density at radius 2 is 1.80 bits per heavy atom. The highest BCUT2D eigenvalue weighted by Gasteiger charge is 2.11. The molecule has 0 aliphatic rings. The lowest BCUT2D eigenvalue weighted by Crippen LogP contribution is -2.04. The van der Waals surface area contributed by atoms with E-state index in [1.807, 2.05) is 24.3 Å². The first kappa shape index (κ1) is 17.1. The summed E-state index contributed by atoms with van der Waals surface area (Å²) in [5.41, 5.74) is 0. The summed E-state index contributed by atoms with van der Waals surface area (Å²) in [4.78, 5) is 7.76. The second-order valence-corrected chi connectivity index (χ2v) is 6.77. The largest absolute Gasteiger partial charge is 0.437 e. The monoisotopic (exact) mass is 332 g/mol. The average molecular weight is 333 g/mol. The van der Waals surface area contributed by atoms with Gasteiger partial charge in [-0.1, -0.05) is 37.7 Å². The van der Waals surface area contributed by atoms with Crippen molar-refractivity contribution in [3.63, 3.8) is 0 Å². The minimum Gasteiger partial charge on any atom is -0.437 e. The lowest BCUT2D eigenvalue weighted by Gasteiger charge is -2.13. The molecule has 1 aromatic carbocycles. The number of aliphatic hydroxyl groups excluding tert-OH is 1. The van der Waals surface area contributed by atoms with E-state index in [1.54, 1.807) is 0 Å². The first-order chi connectivity index (χ1) is 9.58. The van der Waals surface area contributed by atoms with E-state index in [2.05, 4.69) is 23.3 Å². The Morgan fingerprint density at radius 1 is 1.15 bits per heavy atom. The molecule has 2 rings (SSSR count). The van der Waals surface area contributed by atoms with Gasteiger partial charge in [0, 0.05) is 12.4 Å². The number of nitrogens with zero attached hydrogens (tertiary/aromatic N) is 2. The topological polar surface area (TPSA) is 55.2 Å². The Hall–Kier alpha value is -0.930. The van der Waals surface area contributed by atoms with Crippen molar-refractivity contribution in [3.05, 3.63) is 40.8 Å². The highest BCUT2D eigenvalue weighted by atomic mass is 35.5. The maximum Gasteiger partial charge on any atom is 0.242 e. The van der Waals surface area contributed by atoms with Crippen molar-refractivity contribution in [3.8, 4) is 11.6 Å². The number of aliphatic hydroxyl groups is 1. The van der Waals surface area contributed by atoms with Gasteiger partial charge in [0.15, 0.2) is 0 Å². The van der Waals surface area contributed by atoms with Crippen LogP contribution in [0, 0.1) is 0 Å². The SMILES string of the molecule is CO.CP(C)c1ccccc1Oc1nc(Cl)ncc1Cl. The van der Waals surface area contributed by atoms with Crippen LogP contribution in [-0.2, 0) is 0 Å². The number of hydrogen-bond donors (Lipinski definition) is 1. The summed E-state index contributed by atoms with van der Waals surface area (Å²) in [6, 6.07) is 7.83. The third-order valence-electron chi connectivity index (χ3n) is 2.24. The van der Waals surface area contributed by atoms with E-state index in [-0.39, 0.29) is 19.1 Å². The normalized spacial score (nSPS) is 9.95. The van der Waals surface area contributed by atoms with Crippen LogP contribution < -0.4 is 10.0 Å². The summed E-state index contributed by atoms with van der Waals surface area (Å²) in [6.07, 6.45) is 1.43. The number of para-hydroxylation sites is 1. The van der Waals surface area contributed by atoms with Gasteiger partial charge in [-0.05, 0) is 31.0 Å². The maximum atomic E-state index is 7.00. The summed E-state index contributed by atoms with van der Waals surface area (Å²) in [5.74, 6) is 1.03. The fraction of sp³-hybridized carbons (Fsp3) is 0.231. The summed E-state index contributed by atoms with van der Waals surface area (Å²) in [7, 11) is 0.726. The van der Waals surface area contributed by atoms with E-state index in [0.29, 0.717) is 5.02 Å². The summed E-state index contributed by atoms with van der Waals surface area (Å²) >= 11 is 11.7. The molecule has 0 unspecified atom stereocenters. The van der Waals surface area contributed by atoms with Crippen LogP contribution in [0.4, 0.5) is 0 Å². The molecule has 0 saturated heterocycles. The lowest BCUT2D eigenvalue weighted by atomic mass is 10.3. The van der Waals surface area contributed by atoms with Crippen molar-refractivity contribution in [1.82, 2.24) is 9.97 Å². The van der Waals surface area contributed by atoms with Crippen LogP contribution in [0.15, 0.2) is 30.5 Å². The van der Waals surface area contributed by atoms with Gasteiger partial charge in [-0.2, -0.15) is 4.98 Å². The smallest absolute Gasteiger partial charge is 0.242 e. The summed E-state index contributed by atoms with van der Waals surface area (Å²) < 4.78 is 5.73. The predicted octanol–water partition coefficient (Wildman–Crippen LogP) is 3.55. The lowest BCUT2D eigenvalue weighted by molar-refractivity contribution is 0.399. The Balaban J connectivity index is 0.000000956. The predicted molar refractivity (Wildman–Crippen MR) is 85.1 cm³/mol. The molecule has 0 atom stereocenters. The van der Waals surface area contributed by atoms with Gasteiger partial charge in [-0.3, -0.25) is 0 Å². The van der Waals surface area contributed by atoms with Crippen LogP contribution in [-0.4, -0.2) is 35.5 Å². The second kappa shape index (κ2) is 8.38. The summed E-state index contributed by atoms with van der Waals surface area (Å²) in [5, 5.41) is 8.60. The van der Waals surface area contributed by atoms with E-state index in [9.17, 15) is 0 Å². The molecule has 0 saturated carbocycles. The zero-order valence-corrected chi connectivity index (χ0v) is 13.7. The molecule has 0 spiro atoms. The molecule has 0 fully saturated rings. The van der Waals surface area contributed by atoms with Crippen molar-refractivity contribution >= 4 is 36.4 Å². The fourth-order valence-corrected chi connectivity index (χ4v) is 2.62. The van der Waals surface area contributed by atoms with Crippen LogP contribution in [0.5, 0.6) is 11.6 Å². The molecule has 108 valence electrons. The molecular formula is C13H15Cl2N2O2P. The second-order valence-electron chi connectivity index (χ2n) is 3.76. The third kappa shape index (κ3) is 4.57. The standard InChI is InChI=1S/C12H11Cl2N2OP.CH4O/c1-18(2)10-6-4-3-5-9(10)17-11-8(13)7-15-12(14)16-11;1-2/h3-7H,1-2H3;2H,1H3. The molecule has 1 aromatic heterocycles. The Labute approximate surface area is 129 Å². The van der Waals surface area contributed by atoms with E-state index in [0.717, 1.165) is 18.2 Å². The van der Waals surface area contributed by atoms with Gasteiger partial charge in [0.25, 0.3) is 0 Å². The third-order valence-corrected chi connectivity index (χ3v) is 4.01. The van der Waals surface area contributed by atoms with Gasteiger partial charge in [0.2, 0.25) is 11.2 Å². The maximum absolute atomic E-state index is 7.00. The van der Waals surface area contributed by atoms with Gasteiger partial charge in [0.1, 0.15) is 10.8 Å². The van der Waals surface area contributed by atoms with Crippen molar-refractivity contribution in [2.45, 2.75) is 0 Å². The quantitative estimate of drug-likeness (QED) is 0.689. The van der Waals surface area contributed by atoms with Gasteiger partial charge in [-0.25, -0.2) is 4.98 Å². The Kier molecular flexibility index (Phi) is 7.17. The minimum absolute atomic E-state index is 0.113. The number of hydrogen-bond acceptors (Lipinski definition) is 4. The van der Waals surface area contributed by atoms with E-state index >= 15 is 0 Å². The fourth-order valence-electron chi connectivity index (χ4n) is 1.42. The van der Waals surface area contributed by atoms with Crippen molar-refractivity contribution in [2.24, 2.45) is 0 Å². The first-order valence-electron chi connectivity index (χ1n) is 5.65. The van der Waals surface area contributed by atoms with Crippen LogP contribution in [0.3, 0.4) is 0 Å². The van der Waals surface area contributed by atoms with Crippen molar-refractivity contribution in [1.29, 1.82) is 0 Å². The average Bonchev–Trinajstić information content (AvgIpc) is 2.45. The number of rotatable bonds is 3. The molecule has 0 aliphatic carbocycles. The van der Waals surface area contributed by atoms with E-state index < -0.39 is 0 Å². The van der Waals surface area contributed by atoms with E-state index in [4.69, 9.17) is 33.0 Å².